The summed E-state index contributed by atoms with van der Waals surface area (Å²) in [5.74, 6) is -0.946. The van der Waals surface area contributed by atoms with Gasteiger partial charge in [-0.15, -0.1) is 0 Å². The van der Waals surface area contributed by atoms with E-state index in [4.69, 9.17) is 4.74 Å². The van der Waals surface area contributed by atoms with E-state index in [0.717, 1.165) is 45.1 Å². The fourth-order valence-electron chi connectivity index (χ4n) is 3.05. The van der Waals surface area contributed by atoms with Crippen molar-refractivity contribution in [2.45, 2.75) is 90.1 Å². The second kappa shape index (κ2) is 11.1. The summed E-state index contributed by atoms with van der Waals surface area (Å²) in [6.45, 7) is 2.97. The molecule has 1 fully saturated rings. The average molecular weight is 284 g/mol. The Hall–Kier alpha value is -0.570. The van der Waals surface area contributed by atoms with Gasteiger partial charge in [-0.1, -0.05) is 64.7 Å². The van der Waals surface area contributed by atoms with Crippen molar-refractivity contribution in [2.75, 3.05) is 6.61 Å². The standard InChI is InChI=1S/C17H32O3/c1-2-3-4-5-6-7-11-14-20-16-13-10-8-9-12-15(16)17(18)19/h15-16H,2-14H2,1H3,(H,18,19). The molecule has 0 aromatic heterocycles. The predicted octanol–water partition coefficient (Wildman–Crippen LogP) is 4.79. The van der Waals surface area contributed by atoms with E-state index in [1.165, 1.54) is 38.5 Å². The van der Waals surface area contributed by atoms with Gasteiger partial charge in [-0.3, -0.25) is 4.79 Å². The number of carbonyl (C=O) groups is 1. The quantitative estimate of drug-likeness (QED) is 0.463. The Morgan fingerprint density at radius 1 is 1.00 bits per heavy atom. The molecule has 0 aliphatic heterocycles. The summed E-state index contributed by atoms with van der Waals surface area (Å²) in [5, 5.41) is 9.28. The number of carboxylic acids is 1. The minimum atomic E-state index is -0.670. The molecule has 1 rings (SSSR count). The van der Waals surface area contributed by atoms with Gasteiger partial charge in [0.25, 0.3) is 0 Å². The number of hydrogen-bond acceptors (Lipinski definition) is 2. The summed E-state index contributed by atoms with van der Waals surface area (Å²) in [7, 11) is 0. The lowest BCUT2D eigenvalue weighted by Crippen LogP contribution is -2.30. The fraction of sp³-hybridized carbons (Fsp3) is 0.941. The summed E-state index contributed by atoms with van der Waals surface area (Å²) < 4.78 is 5.88. The molecule has 0 radical (unpaired) electrons. The first kappa shape index (κ1) is 17.5. The van der Waals surface area contributed by atoms with Crippen LogP contribution >= 0.6 is 0 Å². The van der Waals surface area contributed by atoms with Gasteiger partial charge >= 0.3 is 5.97 Å². The molecule has 0 amide bonds. The minimum Gasteiger partial charge on any atom is -0.481 e. The Bertz CT molecular complexity index is 253. The van der Waals surface area contributed by atoms with E-state index >= 15 is 0 Å². The van der Waals surface area contributed by atoms with Crippen molar-refractivity contribution in [2.24, 2.45) is 5.92 Å². The summed E-state index contributed by atoms with van der Waals surface area (Å²) in [4.78, 5) is 11.3. The summed E-state index contributed by atoms with van der Waals surface area (Å²) in [6.07, 6.45) is 13.9. The number of unbranched alkanes of at least 4 members (excludes halogenated alkanes) is 6. The topological polar surface area (TPSA) is 46.5 Å². The maximum atomic E-state index is 11.3. The summed E-state index contributed by atoms with van der Waals surface area (Å²) >= 11 is 0. The number of aliphatic carboxylic acids is 1. The molecular weight excluding hydrogens is 252 g/mol. The van der Waals surface area contributed by atoms with Crippen LogP contribution < -0.4 is 0 Å². The van der Waals surface area contributed by atoms with Crippen molar-refractivity contribution in [3.8, 4) is 0 Å². The molecule has 1 saturated carbocycles. The van der Waals surface area contributed by atoms with E-state index in [0.29, 0.717) is 0 Å². The lowest BCUT2D eigenvalue weighted by Gasteiger charge is -2.22. The van der Waals surface area contributed by atoms with Crippen LogP contribution in [0.15, 0.2) is 0 Å². The van der Waals surface area contributed by atoms with Crippen LogP contribution in [0.2, 0.25) is 0 Å². The van der Waals surface area contributed by atoms with Gasteiger partial charge < -0.3 is 9.84 Å². The number of ether oxygens (including phenoxy) is 1. The number of carboxylic acid groups (broad SMARTS) is 1. The molecule has 0 aromatic carbocycles. The van der Waals surface area contributed by atoms with Crippen molar-refractivity contribution in [3.63, 3.8) is 0 Å². The largest absolute Gasteiger partial charge is 0.481 e. The van der Waals surface area contributed by atoms with Crippen LogP contribution in [0.25, 0.3) is 0 Å². The van der Waals surface area contributed by atoms with Crippen molar-refractivity contribution in [3.05, 3.63) is 0 Å². The van der Waals surface area contributed by atoms with Gasteiger partial charge in [0.15, 0.2) is 0 Å². The average Bonchev–Trinajstić information content (AvgIpc) is 2.67. The third kappa shape index (κ3) is 7.28. The molecule has 3 heteroatoms. The molecule has 0 spiro atoms. The summed E-state index contributed by atoms with van der Waals surface area (Å²) in [6, 6.07) is 0. The van der Waals surface area contributed by atoms with Gasteiger partial charge in [-0.2, -0.15) is 0 Å². The second-order valence-electron chi connectivity index (χ2n) is 6.11. The Morgan fingerprint density at radius 2 is 1.65 bits per heavy atom. The molecule has 2 atom stereocenters. The third-order valence-electron chi connectivity index (χ3n) is 4.35. The van der Waals surface area contributed by atoms with Gasteiger partial charge in [-0.05, 0) is 19.3 Å². The van der Waals surface area contributed by atoms with Crippen molar-refractivity contribution >= 4 is 5.97 Å². The SMILES string of the molecule is CCCCCCCCCOC1CCCCCC1C(=O)O. The Kier molecular flexibility index (Phi) is 9.73. The highest BCUT2D eigenvalue weighted by Gasteiger charge is 2.29. The van der Waals surface area contributed by atoms with Gasteiger partial charge in [0.2, 0.25) is 0 Å². The number of rotatable bonds is 10. The highest BCUT2D eigenvalue weighted by atomic mass is 16.5. The van der Waals surface area contributed by atoms with Crippen LogP contribution in [-0.2, 0) is 9.53 Å². The first-order valence-electron chi connectivity index (χ1n) is 8.60. The molecule has 0 heterocycles. The van der Waals surface area contributed by atoms with Gasteiger partial charge in [0, 0.05) is 6.61 Å². The molecule has 1 aliphatic carbocycles. The van der Waals surface area contributed by atoms with Crippen LogP contribution in [0.4, 0.5) is 0 Å². The van der Waals surface area contributed by atoms with Crippen LogP contribution in [-0.4, -0.2) is 23.8 Å². The normalized spacial score (nSPS) is 23.4. The maximum Gasteiger partial charge on any atom is 0.309 e. The number of hydrogen-bond donors (Lipinski definition) is 1. The maximum absolute atomic E-state index is 11.3. The zero-order valence-corrected chi connectivity index (χ0v) is 13.1. The molecule has 20 heavy (non-hydrogen) atoms. The molecule has 1 aliphatic rings. The molecule has 118 valence electrons. The molecule has 1 N–H and O–H groups in total. The first-order chi connectivity index (χ1) is 9.75. The van der Waals surface area contributed by atoms with E-state index in [9.17, 15) is 9.90 Å². The first-order valence-corrected chi connectivity index (χ1v) is 8.60. The third-order valence-corrected chi connectivity index (χ3v) is 4.35. The minimum absolute atomic E-state index is 0.0462. The predicted molar refractivity (Wildman–Crippen MR) is 81.9 cm³/mol. The molecular formula is C17H32O3. The lowest BCUT2D eigenvalue weighted by molar-refractivity contribution is -0.148. The Labute approximate surface area is 124 Å². The lowest BCUT2D eigenvalue weighted by atomic mass is 9.97. The van der Waals surface area contributed by atoms with Crippen molar-refractivity contribution in [1.82, 2.24) is 0 Å². The summed E-state index contributed by atoms with van der Waals surface area (Å²) in [5.41, 5.74) is 0. The van der Waals surface area contributed by atoms with E-state index in [1.54, 1.807) is 0 Å². The second-order valence-corrected chi connectivity index (χ2v) is 6.11. The van der Waals surface area contributed by atoms with Crippen LogP contribution in [0.1, 0.15) is 84.0 Å². The Balaban J connectivity index is 2.10. The zero-order valence-electron chi connectivity index (χ0n) is 13.1. The van der Waals surface area contributed by atoms with Crippen molar-refractivity contribution < 1.29 is 14.6 Å². The van der Waals surface area contributed by atoms with E-state index < -0.39 is 5.97 Å². The Morgan fingerprint density at radius 3 is 2.35 bits per heavy atom. The molecule has 0 bridgehead atoms. The van der Waals surface area contributed by atoms with Crippen LogP contribution in [0.3, 0.4) is 0 Å². The smallest absolute Gasteiger partial charge is 0.309 e. The van der Waals surface area contributed by atoms with E-state index in [-0.39, 0.29) is 12.0 Å². The van der Waals surface area contributed by atoms with E-state index in [2.05, 4.69) is 6.92 Å². The van der Waals surface area contributed by atoms with Crippen molar-refractivity contribution in [1.29, 1.82) is 0 Å². The fourth-order valence-corrected chi connectivity index (χ4v) is 3.05. The van der Waals surface area contributed by atoms with Gasteiger partial charge in [0.05, 0.1) is 12.0 Å². The highest BCUT2D eigenvalue weighted by molar-refractivity contribution is 5.70. The van der Waals surface area contributed by atoms with Crippen LogP contribution in [0, 0.1) is 5.92 Å². The monoisotopic (exact) mass is 284 g/mol. The molecule has 3 nitrogen and oxygen atoms in total. The van der Waals surface area contributed by atoms with Gasteiger partial charge in [0.1, 0.15) is 0 Å². The van der Waals surface area contributed by atoms with Crippen LogP contribution in [0.5, 0.6) is 0 Å². The molecule has 0 saturated heterocycles. The van der Waals surface area contributed by atoms with Gasteiger partial charge in [-0.25, -0.2) is 0 Å². The highest BCUT2D eigenvalue weighted by Crippen LogP contribution is 2.26. The zero-order chi connectivity index (χ0) is 14.6. The molecule has 0 aromatic rings. The van der Waals surface area contributed by atoms with E-state index in [1.807, 2.05) is 0 Å². The molecule has 2 unspecified atom stereocenters.